The maximum absolute atomic E-state index is 13.2. The maximum atomic E-state index is 13.2. The van der Waals surface area contributed by atoms with Crippen molar-refractivity contribution in [1.82, 2.24) is 9.80 Å². The summed E-state index contributed by atoms with van der Waals surface area (Å²) in [6, 6.07) is 10.9. The van der Waals surface area contributed by atoms with E-state index in [2.05, 4.69) is 0 Å². The predicted octanol–water partition coefficient (Wildman–Crippen LogP) is 2.56. The summed E-state index contributed by atoms with van der Waals surface area (Å²) in [6.45, 7) is 1.53. The molecule has 0 atom stereocenters. The first-order valence-electron chi connectivity index (χ1n) is 7.64. The summed E-state index contributed by atoms with van der Waals surface area (Å²) >= 11 is 0. The molecule has 0 saturated carbocycles. The number of piperazine rings is 1. The van der Waals surface area contributed by atoms with Gasteiger partial charge in [-0.1, -0.05) is 6.07 Å². The molecule has 0 aliphatic carbocycles. The molecule has 24 heavy (non-hydrogen) atoms. The predicted molar refractivity (Wildman–Crippen MR) is 84.6 cm³/mol. The van der Waals surface area contributed by atoms with Gasteiger partial charge >= 0.3 is 0 Å². The van der Waals surface area contributed by atoms with Crippen LogP contribution in [0.1, 0.15) is 20.7 Å². The minimum Gasteiger partial charge on any atom is -0.335 e. The van der Waals surface area contributed by atoms with Gasteiger partial charge in [0.1, 0.15) is 11.6 Å². The van der Waals surface area contributed by atoms with Crippen LogP contribution in [0.5, 0.6) is 0 Å². The Hall–Kier alpha value is -2.76. The van der Waals surface area contributed by atoms with Crippen LogP contribution in [-0.4, -0.2) is 47.8 Å². The largest absolute Gasteiger partial charge is 0.335 e. The van der Waals surface area contributed by atoms with E-state index < -0.39 is 11.6 Å². The third kappa shape index (κ3) is 3.42. The lowest BCUT2D eigenvalue weighted by molar-refractivity contribution is 0.0535. The van der Waals surface area contributed by atoms with Crippen molar-refractivity contribution < 1.29 is 18.4 Å². The molecule has 1 saturated heterocycles. The summed E-state index contributed by atoms with van der Waals surface area (Å²) in [5, 5.41) is 0. The van der Waals surface area contributed by atoms with E-state index in [1.807, 2.05) is 0 Å². The second-order valence-corrected chi connectivity index (χ2v) is 5.60. The van der Waals surface area contributed by atoms with E-state index >= 15 is 0 Å². The first-order valence-corrected chi connectivity index (χ1v) is 7.64. The van der Waals surface area contributed by atoms with Crippen molar-refractivity contribution >= 4 is 11.8 Å². The number of carbonyl (C=O) groups excluding carboxylic acids is 2. The number of amides is 2. The Morgan fingerprint density at radius 3 is 1.79 bits per heavy atom. The molecule has 2 amide bonds. The maximum Gasteiger partial charge on any atom is 0.254 e. The minimum absolute atomic E-state index is 0.187. The topological polar surface area (TPSA) is 40.6 Å². The molecule has 124 valence electrons. The Morgan fingerprint density at radius 2 is 1.25 bits per heavy atom. The number of hydrogen-bond acceptors (Lipinski definition) is 2. The Labute approximate surface area is 138 Å². The molecular weight excluding hydrogens is 314 g/mol. The highest BCUT2D eigenvalue weighted by Gasteiger charge is 2.25. The molecule has 0 radical (unpaired) electrons. The van der Waals surface area contributed by atoms with Crippen LogP contribution in [0.15, 0.2) is 48.5 Å². The zero-order chi connectivity index (χ0) is 17.1. The molecule has 0 aromatic heterocycles. The summed E-state index contributed by atoms with van der Waals surface area (Å²) in [4.78, 5) is 27.9. The molecule has 4 nitrogen and oxygen atoms in total. The fourth-order valence-corrected chi connectivity index (χ4v) is 2.69. The van der Waals surface area contributed by atoms with Crippen molar-refractivity contribution in [3.63, 3.8) is 0 Å². The fraction of sp³-hybridized carbons (Fsp3) is 0.222. The normalized spacial score (nSPS) is 14.6. The average Bonchev–Trinajstić information content (AvgIpc) is 2.61. The lowest BCUT2D eigenvalue weighted by Gasteiger charge is -2.34. The first kappa shape index (κ1) is 16.1. The van der Waals surface area contributed by atoms with Crippen LogP contribution < -0.4 is 0 Å². The van der Waals surface area contributed by atoms with Crippen LogP contribution in [-0.2, 0) is 0 Å². The van der Waals surface area contributed by atoms with Gasteiger partial charge < -0.3 is 9.80 Å². The lowest BCUT2D eigenvalue weighted by atomic mass is 10.1. The second-order valence-electron chi connectivity index (χ2n) is 5.60. The van der Waals surface area contributed by atoms with Crippen LogP contribution in [0.2, 0.25) is 0 Å². The molecule has 1 heterocycles. The first-order chi connectivity index (χ1) is 11.5. The summed E-state index contributed by atoms with van der Waals surface area (Å²) in [5.74, 6) is -1.28. The van der Waals surface area contributed by atoms with E-state index in [9.17, 15) is 18.4 Å². The lowest BCUT2D eigenvalue weighted by Crippen LogP contribution is -2.50. The molecule has 0 bridgehead atoms. The molecule has 2 aromatic carbocycles. The van der Waals surface area contributed by atoms with Crippen LogP contribution in [0.3, 0.4) is 0 Å². The number of benzene rings is 2. The summed E-state index contributed by atoms with van der Waals surface area (Å²) in [5.41, 5.74) is 0.717. The zero-order valence-corrected chi connectivity index (χ0v) is 12.9. The number of halogens is 2. The Balaban J connectivity index is 1.62. The summed E-state index contributed by atoms with van der Waals surface area (Å²) in [6.07, 6.45) is 0. The van der Waals surface area contributed by atoms with Crippen molar-refractivity contribution in [3.8, 4) is 0 Å². The molecule has 6 heteroatoms. The summed E-state index contributed by atoms with van der Waals surface area (Å²) in [7, 11) is 0. The average molecular weight is 330 g/mol. The molecule has 0 N–H and O–H groups in total. The van der Waals surface area contributed by atoms with Crippen molar-refractivity contribution in [2.75, 3.05) is 26.2 Å². The van der Waals surface area contributed by atoms with Crippen LogP contribution in [0.4, 0.5) is 8.78 Å². The van der Waals surface area contributed by atoms with Crippen molar-refractivity contribution in [3.05, 3.63) is 71.3 Å². The van der Waals surface area contributed by atoms with E-state index in [0.717, 1.165) is 0 Å². The van der Waals surface area contributed by atoms with Gasteiger partial charge in [0.2, 0.25) is 0 Å². The Morgan fingerprint density at radius 1 is 0.708 bits per heavy atom. The minimum atomic E-state index is -0.453. The highest BCUT2D eigenvalue weighted by Crippen LogP contribution is 2.13. The van der Waals surface area contributed by atoms with E-state index in [-0.39, 0.29) is 11.8 Å². The number of rotatable bonds is 2. The van der Waals surface area contributed by atoms with Gasteiger partial charge in [0.25, 0.3) is 11.8 Å². The molecular formula is C18H16F2N2O2. The summed E-state index contributed by atoms with van der Waals surface area (Å²) < 4.78 is 26.2. The smallest absolute Gasteiger partial charge is 0.254 e. The highest BCUT2D eigenvalue weighted by molar-refractivity contribution is 5.96. The molecule has 0 unspecified atom stereocenters. The Kier molecular flexibility index (Phi) is 4.55. The highest BCUT2D eigenvalue weighted by atomic mass is 19.1. The number of hydrogen-bond donors (Lipinski definition) is 0. The van der Waals surface area contributed by atoms with E-state index in [0.29, 0.717) is 37.3 Å². The molecule has 1 fully saturated rings. The van der Waals surface area contributed by atoms with Gasteiger partial charge in [-0.25, -0.2) is 8.78 Å². The van der Waals surface area contributed by atoms with Gasteiger partial charge in [-0.3, -0.25) is 9.59 Å². The van der Waals surface area contributed by atoms with Gasteiger partial charge in [0, 0.05) is 37.3 Å². The van der Waals surface area contributed by atoms with Gasteiger partial charge in [-0.15, -0.1) is 0 Å². The van der Waals surface area contributed by atoms with Crippen LogP contribution in [0.25, 0.3) is 0 Å². The van der Waals surface area contributed by atoms with Crippen molar-refractivity contribution in [2.45, 2.75) is 0 Å². The van der Waals surface area contributed by atoms with Gasteiger partial charge in [-0.05, 0) is 42.5 Å². The van der Waals surface area contributed by atoms with Gasteiger partial charge in [0.05, 0.1) is 0 Å². The molecule has 2 aromatic rings. The quantitative estimate of drug-likeness (QED) is 0.849. The van der Waals surface area contributed by atoms with Gasteiger partial charge in [0.15, 0.2) is 0 Å². The van der Waals surface area contributed by atoms with Crippen LogP contribution in [0, 0.1) is 11.6 Å². The monoisotopic (exact) mass is 330 g/mol. The molecule has 1 aliphatic heterocycles. The Bertz CT molecular complexity index is 754. The van der Waals surface area contributed by atoms with Crippen molar-refractivity contribution in [2.24, 2.45) is 0 Å². The van der Waals surface area contributed by atoms with E-state index in [1.165, 1.54) is 42.5 Å². The molecule has 0 spiro atoms. The number of nitrogens with zero attached hydrogens (tertiary/aromatic N) is 2. The van der Waals surface area contributed by atoms with E-state index in [4.69, 9.17) is 0 Å². The molecule has 1 aliphatic rings. The van der Waals surface area contributed by atoms with Crippen molar-refractivity contribution in [1.29, 1.82) is 0 Å². The SMILES string of the molecule is O=C(c1ccc(F)cc1)N1CCN(C(=O)c2cccc(F)c2)CC1. The van der Waals surface area contributed by atoms with E-state index in [1.54, 1.807) is 15.9 Å². The van der Waals surface area contributed by atoms with Crippen LogP contribution >= 0.6 is 0 Å². The van der Waals surface area contributed by atoms with Gasteiger partial charge in [-0.2, -0.15) is 0 Å². The molecule has 3 rings (SSSR count). The third-order valence-electron chi connectivity index (χ3n) is 4.02. The number of carbonyl (C=O) groups is 2. The zero-order valence-electron chi connectivity index (χ0n) is 12.9. The third-order valence-corrected chi connectivity index (χ3v) is 4.02. The fourth-order valence-electron chi connectivity index (χ4n) is 2.69. The standard InChI is InChI=1S/C18H16F2N2O2/c19-15-6-4-13(5-7-15)17(23)21-8-10-22(11-9-21)18(24)14-2-1-3-16(20)12-14/h1-7,12H,8-11H2. The second kappa shape index (κ2) is 6.78.